The van der Waals surface area contributed by atoms with E-state index >= 15 is 0 Å². The molecule has 2 rings (SSSR count). The summed E-state index contributed by atoms with van der Waals surface area (Å²) in [4.78, 5) is 20.3. The second-order valence-corrected chi connectivity index (χ2v) is 3.18. The molecule has 0 fully saturated rings. The number of nitrogens with one attached hydrogen (secondary N) is 1. The van der Waals surface area contributed by atoms with Crippen molar-refractivity contribution >= 4 is 5.91 Å². The predicted octanol–water partition coefficient (Wildman–Crippen LogP) is 0.485. The summed E-state index contributed by atoms with van der Waals surface area (Å²) in [7, 11) is 1.81. The van der Waals surface area contributed by atoms with E-state index in [2.05, 4.69) is 9.97 Å². The molecule has 0 radical (unpaired) electrons. The fourth-order valence-electron chi connectivity index (χ4n) is 1.59. The molecule has 1 atom stereocenters. The van der Waals surface area contributed by atoms with E-state index in [1.165, 1.54) is 0 Å². The molecule has 0 aliphatic carbocycles. The van der Waals surface area contributed by atoms with Crippen molar-refractivity contribution < 1.29 is 4.79 Å². The molecule has 4 nitrogen and oxygen atoms in total. The van der Waals surface area contributed by atoms with Gasteiger partial charge in [0.2, 0.25) is 5.91 Å². The van der Waals surface area contributed by atoms with Crippen LogP contribution in [0.15, 0.2) is 6.33 Å². The topological polar surface area (TPSA) is 49.0 Å². The molecule has 64 valence electrons. The Kier molecular flexibility index (Phi) is 1.43. The Morgan fingerprint density at radius 1 is 1.75 bits per heavy atom. The summed E-state index contributed by atoms with van der Waals surface area (Å²) in [6, 6.07) is 0. The minimum Gasteiger partial charge on any atom is -0.347 e. The third-order valence-electron chi connectivity index (χ3n) is 2.30. The van der Waals surface area contributed by atoms with E-state index < -0.39 is 0 Å². The van der Waals surface area contributed by atoms with Gasteiger partial charge in [0.15, 0.2) is 0 Å². The molecule has 1 aliphatic rings. The number of amides is 1. The average molecular weight is 165 g/mol. The number of imidazole rings is 1. The first kappa shape index (κ1) is 7.34. The highest BCUT2D eigenvalue weighted by atomic mass is 16.2. The van der Waals surface area contributed by atoms with Gasteiger partial charge in [-0.2, -0.15) is 0 Å². The summed E-state index contributed by atoms with van der Waals surface area (Å²) < 4.78 is 0. The first-order chi connectivity index (χ1) is 5.70. The van der Waals surface area contributed by atoms with Gasteiger partial charge in [0, 0.05) is 7.05 Å². The number of carbonyl (C=O) groups is 1. The second kappa shape index (κ2) is 2.33. The van der Waals surface area contributed by atoms with Crippen molar-refractivity contribution in [2.75, 3.05) is 7.05 Å². The minimum atomic E-state index is -0.0926. The van der Waals surface area contributed by atoms with Gasteiger partial charge in [0.25, 0.3) is 0 Å². The minimum absolute atomic E-state index is 0.0926. The molecule has 0 saturated heterocycles. The number of aromatic nitrogens is 2. The van der Waals surface area contributed by atoms with E-state index in [4.69, 9.17) is 0 Å². The summed E-state index contributed by atoms with van der Waals surface area (Å²) in [6.45, 7) is 2.54. The van der Waals surface area contributed by atoms with Gasteiger partial charge in [-0.3, -0.25) is 4.79 Å². The standard InChI is InChI=1S/C8H11N3O/c1-5-7-6(9-4-10-7)3-11(2)8(5)12/h4-5H,3H2,1-2H3,(H,9,10). The van der Waals surface area contributed by atoms with E-state index in [0.717, 1.165) is 11.4 Å². The number of nitrogens with zero attached hydrogens (tertiary/aromatic N) is 2. The lowest BCUT2D eigenvalue weighted by Crippen LogP contribution is -2.35. The van der Waals surface area contributed by atoms with Crippen LogP contribution in [0.3, 0.4) is 0 Å². The number of carbonyl (C=O) groups excluding carboxylic acids is 1. The van der Waals surface area contributed by atoms with Crippen LogP contribution >= 0.6 is 0 Å². The van der Waals surface area contributed by atoms with Gasteiger partial charge < -0.3 is 9.88 Å². The molecule has 1 N–H and O–H groups in total. The number of aromatic amines is 1. The highest BCUT2D eigenvalue weighted by Gasteiger charge is 2.29. The fourth-order valence-corrected chi connectivity index (χ4v) is 1.59. The molecular formula is C8H11N3O. The van der Waals surface area contributed by atoms with E-state index in [9.17, 15) is 4.79 Å². The van der Waals surface area contributed by atoms with Crippen LogP contribution in [0.4, 0.5) is 0 Å². The largest absolute Gasteiger partial charge is 0.347 e. The van der Waals surface area contributed by atoms with Crippen molar-refractivity contribution in [1.82, 2.24) is 14.9 Å². The fraction of sp³-hybridized carbons (Fsp3) is 0.500. The molecule has 0 bridgehead atoms. The molecule has 0 aromatic carbocycles. The van der Waals surface area contributed by atoms with Crippen LogP contribution in [0.1, 0.15) is 24.2 Å². The van der Waals surface area contributed by atoms with Crippen molar-refractivity contribution in [2.24, 2.45) is 0 Å². The third-order valence-corrected chi connectivity index (χ3v) is 2.30. The van der Waals surface area contributed by atoms with Gasteiger partial charge >= 0.3 is 0 Å². The van der Waals surface area contributed by atoms with Gasteiger partial charge in [-0.05, 0) is 6.92 Å². The molecule has 1 aliphatic heterocycles. The summed E-state index contributed by atoms with van der Waals surface area (Å²) in [5, 5.41) is 0. The normalized spacial score (nSPS) is 22.7. The Bertz CT molecular complexity index is 318. The Labute approximate surface area is 70.6 Å². The van der Waals surface area contributed by atoms with Gasteiger partial charge in [0.1, 0.15) is 0 Å². The summed E-state index contributed by atoms with van der Waals surface area (Å²) in [5.41, 5.74) is 1.96. The van der Waals surface area contributed by atoms with E-state index in [1.54, 1.807) is 11.2 Å². The Morgan fingerprint density at radius 3 is 3.25 bits per heavy atom. The molecule has 1 aromatic rings. The summed E-state index contributed by atoms with van der Waals surface area (Å²) in [6.07, 6.45) is 1.65. The molecule has 2 heterocycles. The zero-order valence-corrected chi connectivity index (χ0v) is 7.16. The van der Waals surface area contributed by atoms with Crippen molar-refractivity contribution in [3.63, 3.8) is 0 Å². The lowest BCUT2D eigenvalue weighted by molar-refractivity contribution is -0.132. The number of rotatable bonds is 0. The Hall–Kier alpha value is -1.32. The van der Waals surface area contributed by atoms with Gasteiger partial charge in [0.05, 0.1) is 30.2 Å². The summed E-state index contributed by atoms with van der Waals surface area (Å²) >= 11 is 0. The zero-order valence-electron chi connectivity index (χ0n) is 7.16. The predicted molar refractivity (Wildman–Crippen MR) is 43.5 cm³/mol. The Balaban J connectivity index is 2.45. The Morgan fingerprint density at radius 2 is 2.50 bits per heavy atom. The molecular weight excluding hydrogens is 154 g/mol. The van der Waals surface area contributed by atoms with E-state index in [-0.39, 0.29) is 11.8 Å². The molecule has 1 amide bonds. The van der Waals surface area contributed by atoms with Crippen LogP contribution in [0, 0.1) is 0 Å². The number of H-pyrrole nitrogens is 1. The molecule has 1 aromatic heterocycles. The maximum absolute atomic E-state index is 11.5. The number of hydrogen-bond donors (Lipinski definition) is 1. The SMILES string of the molecule is CC1C(=O)N(C)Cc2[nH]cnc21. The van der Waals surface area contributed by atoms with E-state index in [0.29, 0.717) is 6.54 Å². The van der Waals surface area contributed by atoms with Crippen molar-refractivity contribution in [3.8, 4) is 0 Å². The molecule has 1 unspecified atom stereocenters. The van der Waals surface area contributed by atoms with Crippen LogP contribution in [0.2, 0.25) is 0 Å². The average Bonchev–Trinajstić information content (AvgIpc) is 2.48. The quantitative estimate of drug-likeness (QED) is 0.608. The maximum Gasteiger partial charge on any atom is 0.231 e. The van der Waals surface area contributed by atoms with Gasteiger partial charge in [-0.15, -0.1) is 0 Å². The smallest absolute Gasteiger partial charge is 0.231 e. The van der Waals surface area contributed by atoms with Crippen molar-refractivity contribution in [2.45, 2.75) is 19.4 Å². The molecule has 0 spiro atoms. The van der Waals surface area contributed by atoms with Crippen LogP contribution < -0.4 is 0 Å². The first-order valence-corrected chi connectivity index (χ1v) is 3.97. The van der Waals surface area contributed by atoms with Crippen molar-refractivity contribution in [1.29, 1.82) is 0 Å². The number of hydrogen-bond acceptors (Lipinski definition) is 2. The number of likely N-dealkylation sites (N-methyl/N-ethyl adjacent to an activating group) is 1. The third kappa shape index (κ3) is 0.841. The zero-order chi connectivity index (χ0) is 8.72. The maximum atomic E-state index is 11.5. The molecule has 4 heteroatoms. The van der Waals surface area contributed by atoms with Crippen LogP contribution in [-0.2, 0) is 11.3 Å². The van der Waals surface area contributed by atoms with Crippen molar-refractivity contribution in [3.05, 3.63) is 17.7 Å². The first-order valence-electron chi connectivity index (χ1n) is 3.97. The highest BCUT2D eigenvalue weighted by Crippen LogP contribution is 2.24. The highest BCUT2D eigenvalue weighted by molar-refractivity contribution is 5.84. The lowest BCUT2D eigenvalue weighted by atomic mass is 10.0. The van der Waals surface area contributed by atoms with E-state index in [1.807, 2.05) is 14.0 Å². The summed E-state index contributed by atoms with van der Waals surface area (Å²) in [5.74, 6) is 0.0552. The number of fused-ring (bicyclic) bond motifs is 1. The lowest BCUT2D eigenvalue weighted by Gasteiger charge is -2.26. The van der Waals surface area contributed by atoms with Gasteiger partial charge in [-0.25, -0.2) is 4.98 Å². The monoisotopic (exact) mass is 165 g/mol. The molecule has 12 heavy (non-hydrogen) atoms. The van der Waals surface area contributed by atoms with Crippen LogP contribution in [0.25, 0.3) is 0 Å². The van der Waals surface area contributed by atoms with Crippen LogP contribution in [0.5, 0.6) is 0 Å². The molecule has 0 saturated carbocycles. The van der Waals surface area contributed by atoms with Crippen LogP contribution in [-0.4, -0.2) is 27.8 Å². The van der Waals surface area contributed by atoms with Gasteiger partial charge in [-0.1, -0.05) is 0 Å². The second-order valence-electron chi connectivity index (χ2n) is 3.18.